The fourth-order valence-electron chi connectivity index (χ4n) is 2.02. The minimum absolute atomic E-state index is 0.220. The Labute approximate surface area is 133 Å². The van der Waals surface area contributed by atoms with E-state index in [4.69, 9.17) is 4.74 Å². The molecule has 1 aromatic carbocycles. The first kappa shape index (κ1) is 15.1. The molecule has 7 heteroatoms. The molecule has 1 fully saturated rings. The van der Waals surface area contributed by atoms with Gasteiger partial charge in [0.1, 0.15) is 6.61 Å². The lowest BCUT2D eigenvalue weighted by molar-refractivity contribution is 0.0487. The number of hydrogen-bond donors (Lipinski definition) is 2. The van der Waals surface area contributed by atoms with Crippen molar-refractivity contribution in [3.63, 3.8) is 0 Å². The van der Waals surface area contributed by atoms with Crippen LogP contribution in [0, 0.1) is 0 Å². The number of rotatable bonds is 6. The highest BCUT2D eigenvalue weighted by Crippen LogP contribution is 2.19. The van der Waals surface area contributed by atoms with Crippen LogP contribution in [0.4, 0.5) is 10.5 Å². The number of carbonyl (C=O) groups excluding carboxylic acids is 2. The molecule has 1 aromatic heterocycles. The first-order valence-electron chi connectivity index (χ1n) is 7.53. The van der Waals surface area contributed by atoms with Crippen LogP contribution in [0.5, 0.6) is 0 Å². The van der Waals surface area contributed by atoms with Crippen LogP contribution >= 0.6 is 0 Å². The maximum atomic E-state index is 11.9. The van der Waals surface area contributed by atoms with Gasteiger partial charge in [-0.1, -0.05) is 0 Å². The van der Waals surface area contributed by atoms with E-state index in [1.165, 1.54) is 0 Å². The smallest absolute Gasteiger partial charge is 0.338 e. The van der Waals surface area contributed by atoms with Crippen molar-refractivity contribution in [2.75, 3.05) is 11.9 Å². The molecule has 3 rings (SSSR count). The van der Waals surface area contributed by atoms with Gasteiger partial charge in [0.15, 0.2) is 0 Å². The molecule has 0 spiro atoms. The van der Waals surface area contributed by atoms with Crippen molar-refractivity contribution in [2.45, 2.75) is 25.4 Å². The molecule has 120 valence electrons. The maximum absolute atomic E-state index is 11.9. The Morgan fingerprint density at radius 1 is 1.26 bits per heavy atom. The lowest BCUT2D eigenvalue weighted by Crippen LogP contribution is -2.30. The lowest BCUT2D eigenvalue weighted by atomic mass is 10.2. The van der Waals surface area contributed by atoms with Gasteiger partial charge in [0.25, 0.3) is 0 Å². The molecule has 2 amide bonds. The van der Waals surface area contributed by atoms with E-state index in [9.17, 15) is 9.59 Å². The highest BCUT2D eigenvalue weighted by molar-refractivity contribution is 5.92. The maximum Gasteiger partial charge on any atom is 0.338 e. The number of aromatic nitrogens is 2. The Kier molecular flexibility index (Phi) is 4.56. The summed E-state index contributed by atoms with van der Waals surface area (Å²) < 4.78 is 6.88. The fourth-order valence-corrected chi connectivity index (χ4v) is 2.02. The molecule has 1 heterocycles. The molecule has 1 saturated carbocycles. The monoisotopic (exact) mass is 314 g/mol. The van der Waals surface area contributed by atoms with Crippen LogP contribution in [0.2, 0.25) is 0 Å². The van der Waals surface area contributed by atoms with Gasteiger partial charge in [-0.25, -0.2) is 9.59 Å². The second-order valence-electron chi connectivity index (χ2n) is 5.36. The van der Waals surface area contributed by atoms with Crippen LogP contribution < -0.4 is 10.6 Å². The number of hydrogen-bond acceptors (Lipinski definition) is 4. The summed E-state index contributed by atoms with van der Waals surface area (Å²) in [6, 6.07) is 8.51. The highest BCUT2D eigenvalue weighted by atomic mass is 16.5. The van der Waals surface area contributed by atoms with Crippen molar-refractivity contribution in [1.29, 1.82) is 0 Å². The van der Waals surface area contributed by atoms with Crippen molar-refractivity contribution in [1.82, 2.24) is 15.1 Å². The zero-order valence-corrected chi connectivity index (χ0v) is 12.6. The highest BCUT2D eigenvalue weighted by Gasteiger charge is 2.23. The molecule has 0 aliphatic heterocycles. The zero-order valence-electron chi connectivity index (χ0n) is 12.6. The van der Waals surface area contributed by atoms with Gasteiger partial charge in [-0.15, -0.1) is 0 Å². The number of carbonyl (C=O) groups is 2. The zero-order chi connectivity index (χ0) is 16.1. The SMILES string of the molecule is O=C(Nc1ccc(C(=O)OCCn2cccn2)cc1)NC1CC1. The van der Waals surface area contributed by atoms with Crippen molar-refractivity contribution < 1.29 is 14.3 Å². The van der Waals surface area contributed by atoms with Crippen LogP contribution in [0.3, 0.4) is 0 Å². The second kappa shape index (κ2) is 6.95. The van der Waals surface area contributed by atoms with E-state index in [0.717, 1.165) is 12.8 Å². The van der Waals surface area contributed by atoms with Gasteiger partial charge >= 0.3 is 12.0 Å². The number of amides is 2. The standard InChI is InChI=1S/C16H18N4O3/c21-15(23-11-10-20-9-1-8-17-20)12-2-4-13(5-3-12)18-16(22)19-14-6-7-14/h1-5,8-9,14H,6-7,10-11H2,(H2,18,19,22). The van der Waals surface area contributed by atoms with E-state index in [1.54, 1.807) is 41.3 Å². The Balaban J connectivity index is 1.45. The third-order valence-electron chi connectivity index (χ3n) is 3.40. The van der Waals surface area contributed by atoms with Gasteiger partial charge in [-0.2, -0.15) is 5.10 Å². The Morgan fingerprint density at radius 2 is 2.04 bits per heavy atom. The number of esters is 1. The Hall–Kier alpha value is -2.83. The van der Waals surface area contributed by atoms with Crippen LogP contribution in [0.1, 0.15) is 23.2 Å². The first-order valence-corrected chi connectivity index (χ1v) is 7.53. The van der Waals surface area contributed by atoms with Crippen molar-refractivity contribution in [3.8, 4) is 0 Å². The Bertz CT molecular complexity index is 663. The molecule has 1 aliphatic rings. The Morgan fingerprint density at radius 3 is 2.70 bits per heavy atom. The van der Waals surface area contributed by atoms with E-state index in [-0.39, 0.29) is 12.6 Å². The predicted octanol–water partition coefficient (Wildman–Crippen LogP) is 2.02. The average Bonchev–Trinajstić information content (AvgIpc) is 3.20. The topological polar surface area (TPSA) is 85.2 Å². The lowest BCUT2D eigenvalue weighted by Gasteiger charge is -2.08. The average molecular weight is 314 g/mol. The molecule has 23 heavy (non-hydrogen) atoms. The van der Waals surface area contributed by atoms with Crippen LogP contribution in [-0.4, -0.2) is 34.4 Å². The second-order valence-corrected chi connectivity index (χ2v) is 5.36. The number of ether oxygens (including phenoxy) is 1. The summed E-state index contributed by atoms with van der Waals surface area (Å²) in [6.07, 6.45) is 5.56. The number of nitrogens with zero attached hydrogens (tertiary/aromatic N) is 2. The molecule has 1 aliphatic carbocycles. The van der Waals surface area contributed by atoms with Crippen molar-refractivity contribution >= 4 is 17.7 Å². The summed E-state index contributed by atoms with van der Waals surface area (Å²) in [5, 5.41) is 9.59. The number of urea groups is 1. The van der Waals surface area contributed by atoms with Gasteiger partial charge in [-0.3, -0.25) is 4.68 Å². The molecule has 0 radical (unpaired) electrons. The van der Waals surface area contributed by atoms with Crippen LogP contribution in [0.15, 0.2) is 42.7 Å². The van der Waals surface area contributed by atoms with E-state index >= 15 is 0 Å². The summed E-state index contributed by atoms with van der Waals surface area (Å²) >= 11 is 0. The summed E-state index contributed by atoms with van der Waals surface area (Å²) in [4.78, 5) is 23.5. The molecule has 7 nitrogen and oxygen atoms in total. The molecule has 0 bridgehead atoms. The molecule has 2 N–H and O–H groups in total. The van der Waals surface area contributed by atoms with E-state index in [1.807, 2.05) is 6.07 Å². The number of anilines is 1. The predicted molar refractivity (Wildman–Crippen MR) is 84.1 cm³/mol. The minimum Gasteiger partial charge on any atom is -0.460 e. The fraction of sp³-hybridized carbons (Fsp3) is 0.312. The van der Waals surface area contributed by atoms with Crippen LogP contribution in [-0.2, 0) is 11.3 Å². The third-order valence-corrected chi connectivity index (χ3v) is 3.40. The molecular formula is C16H18N4O3. The van der Waals surface area contributed by atoms with Gasteiger partial charge in [-0.05, 0) is 43.2 Å². The van der Waals surface area contributed by atoms with Gasteiger partial charge in [0.05, 0.1) is 12.1 Å². The van der Waals surface area contributed by atoms with Gasteiger partial charge in [0.2, 0.25) is 0 Å². The summed E-state index contributed by atoms with van der Waals surface area (Å²) in [5.74, 6) is -0.397. The molecule has 0 saturated heterocycles. The summed E-state index contributed by atoms with van der Waals surface area (Å²) in [7, 11) is 0. The largest absolute Gasteiger partial charge is 0.460 e. The first-order chi connectivity index (χ1) is 11.2. The number of benzene rings is 1. The van der Waals surface area contributed by atoms with Crippen LogP contribution in [0.25, 0.3) is 0 Å². The molecule has 0 unspecified atom stereocenters. The molecule has 2 aromatic rings. The summed E-state index contributed by atoms with van der Waals surface area (Å²) in [6.45, 7) is 0.768. The van der Waals surface area contributed by atoms with E-state index in [0.29, 0.717) is 23.8 Å². The quantitative estimate of drug-likeness (QED) is 0.799. The van der Waals surface area contributed by atoms with E-state index < -0.39 is 5.97 Å². The van der Waals surface area contributed by atoms with Crippen molar-refractivity contribution in [2.24, 2.45) is 0 Å². The van der Waals surface area contributed by atoms with Gasteiger partial charge < -0.3 is 15.4 Å². The normalized spacial score (nSPS) is 13.4. The molecule has 0 atom stereocenters. The van der Waals surface area contributed by atoms with E-state index in [2.05, 4.69) is 15.7 Å². The third kappa shape index (κ3) is 4.57. The minimum atomic E-state index is -0.397. The van der Waals surface area contributed by atoms with Crippen molar-refractivity contribution in [3.05, 3.63) is 48.3 Å². The number of nitrogens with one attached hydrogen (secondary N) is 2. The molecular weight excluding hydrogens is 296 g/mol. The summed E-state index contributed by atoms with van der Waals surface area (Å²) in [5.41, 5.74) is 1.08. The van der Waals surface area contributed by atoms with Gasteiger partial charge in [0, 0.05) is 24.1 Å².